The van der Waals surface area contributed by atoms with Crippen molar-refractivity contribution in [3.63, 3.8) is 0 Å². The maximum absolute atomic E-state index is 6.33. The topological polar surface area (TPSA) is 9.23 Å². The number of fused-ring (bicyclic) bond motifs is 3. The molecule has 3 atom stereocenters. The van der Waals surface area contributed by atoms with Crippen molar-refractivity contribution in [3.8, 4) is 5.75 Å². The van der Waals surface area contributed by atoms with E-state index in [-0.39, 0.29) is 6.10 Å². The Morgan fingerprint density at radius 2 is 1.63 bits per heavy atom. The molecule has 2 aromatic rings. The van der Waals surface area contributed by atoms with Crippen LogP contribution in [0.2, 0.25) is 0 Å². The van der Waals surface area contributed by atoms with Gasteiger partial charge in [0.2, 0.25) is 0 Å². The lowest BCUT2D eigenvalue weighted by Gasteiger charge is -2.36. The first kappa shape index (κ1) is 11.1. The summed E-state index contributed by atoms with van der Waals surface area (Å²) in [6, 6.07) is 19.3. The Bertz CT molecular complexity index is 575. The molecule has 0 bridgehead atoms. The van der Waals surface area contributed by atoms with Crippen LogP contribution in [-0.2, 0) is 0 Å². The lowest BCUT2D eigenvalue weighted by Crippen LogP contribution is -2.26. The van der Waals surface area contributed by atoms with Gasteiger partial charge in [0.1, 0.15) is 11.9 Å². The van der Waals surface area contributed by atoms with Gasteiger partial charge in [0.25, 0.3) is 0 Å². The number of rotatable bonds is 1. The molecule has 1 heterocycles. The van der Waals surface area contributed by atoms with E-state index in [2.05, 4.69) is 54.6 Å². The maximum Gasteiger partial charge on any atom is 0.127 e. The molecule has 0 spiro atoms. The van der Waals surface area contributed by atoms with E-state index in [0.29, 0.717) is 11.8 Å². The minimum Gasteiger partial charge on any atom is -0.485 e. The van der Waals surface area contributed by atoms with Crippen molar-refractivity contribution in [1.82, 2.24) is 0 Å². The Morgan fingerprint density at radius 3 is 2.53 bits per heavy atom. The molecule has 4 rings (SSSR count). The second-order valence-corrected chi connectivity index (χ2v) is 5.69. The fraction of sp³-hybridized carbons (Fsp3) is 0.333. The molecule has 1 fully saturated rings. The van der Waals surface area contributed by atoms with Crippen LogP contribution in [0, 0.1) is 5.92 Å². The van der Waals surface area contributed by atoms with Crippen LogP contribution < -0.4 is 4.74 Å². The highest BCUT2D eigenvalue weighted by molar-refractivity contribution is 5.41. The Labute approximate surface area is 114 Å². The molecule has 0 amide bonds. The predicted molar refractivity (Wildman–Crippen MR) is 76.3 cm³/mol. The van der Waals surface area contributed by atoms with Crippen LogP contribution in [0.5, 0.6) is 5.75 Å². The standard InChI is InChI=1S/C18H18O/c1-2-7-13(8-3-1)18-16-11-6-10-14(16)15-9-4-5-12-17(15)19-18/h1-5,7-9,12,14,16,18H,6,10-11H2/t14-,16-,18-/m0/s1. The average molecular weight is 250 g/mol. The summed E-state index contributed by atoms with van der Waals surface area (Å²) in [5.41, 5.74) is 2.76. The molecule has 19 heavy (non-hydrogen) atoms. The zero-order chi connectivity index (χ0) is 12.7. The first-order valence-corrected chi connectivity index (χ1v) is 7.24. The van der Waals surface area contributed by atoms with E-state index in [9.17, 15) is 0 Å². The van der Waals surface area contributed by atoms with Crippen LogP contribution in [-0.4, -0.2) is 0 Å². The van der Waals surface area contributed by atoms with Crippen LogP contribution >= 0.6 is 0 Å². The third kappa shape index (κ3) is 1.76. The maximum atomic E-state index is 6.33. The Hall–Kier alpha value is -1.76. The smallest absolute Gasteiger partial charge is 0.127 e. The van der Waals surface area contributed by atoms with Gasteiger partial charge in [-0.2, -0.15) is 0 Å². The largest absolute Gasteiger partial charge is 0.485 e. The van der Waals surface area contributed by atoms with E-state index in [1.165, 1.54) is 30.4 Å². The van der Waals surface area contributed by atoms with Gasteiger partial charge in [-0.3, -0.25) is 0 Å². The third-order valence-corrected chi connectivity index (χ3v) is 4.66. The average Bonchev–Trinajstić information content (AvgIpc) is 2.97. The molecule has 2 aromatic carbocycles. The van der Waals surface area contributed by atoms with E-state index in [4.69, 9.17) is 4.74 Å². The highest BCUT2D eigenvalue weighted by atomic mass is 16.5. The predicted octanol–water partition coefficient (Wildman–Crippen LogP) is 4.70. The lowest BCUT2D eigenvalue weighted by atomic mass is 9.80. The van der Waals surface area contributed by atoms with Gasteiger partial charge in [-0.05, 0) is 36.0 Å². The Kier molecular flexibility index (Phi) is 2.58. The van der Waals surface area contributed by atoms with Crippen molar-refractivity contribution in [3.05, 3.63) is 65.7 Å². The molecule has 0 N–H and O–H groups in total. The second-order valence-electron chi connectivity index (χ2n) is 5.69. The number of hydrogen-bond acceptors (Lipinski definition) is 1. The third-order valence-electron chi connectivity index (χ3n) is 4.66. The zero-order valence-corrected chi connectivity index (χ0v) is 11.0. The molecule has 0 saturated heterocycles. The van der Waals surface area contributed by atoms with Gasteiger partial charge in [-0.25, -0.2) is 0 Å². The zero-order valence-electron chi connectivity index (χ0n) is 11.0. The summed E-state index contributed by atoms with van der Waals surface area (Å²) in [5.74, 6) is 2.44. The summed E-state index contributed by atoms with van der Waals surface area (Å²) in [7, 11) is 0. The molecule has 1 aliphatic carbocycles. The summed E-state index contributed by atoms with van der Waals surface area (Å²) < 4.78 is 6.33. The van der Waals surface area contributed by atoms with Gasteiger partial charge >= 0.3 is 0 Å². The molecule has 1 heteroatoms. The normalized spacial score (nSPS) is 28.3. The van der Waals surface area contributed by atoms with Crippen LogP contribution in [0.3, 0.4) is 0 Å². The number of benzene rings is 2. The SMILES string of the molecule is c1ccc([C@@H]2Oc3ccccc3[C@@H]3CCC[C@@H]32)cc1. The van der Waals surface area contributed by atoms with Gasteiger partial charge in [0.15, 0.2) is 0 Å². The monoisotopic (exact) mass is 250 g/mol. The van der Waals surface area contributed by atoms with Crippen molar-refractivity contribution in [2.24, 2.45) is 5.92 Å². The lowest BCUT2D eigenvalue weighted by molar-refractivity contribution is 0.104. The number of hydrogen-bond donors (Lipinski definition) is 0. The molecule has 96 valence electrons. The van der Waals surface area contributed by atoms with Crippen LogP contribution in [0.25, 0.3) is 0 Å². The number of para-hydroxylation sites is 1. The molecule has 0 unspecified atom stereocenters. The highest BCUT2D eigenvalue weighted by Gasteiger charge is 2.41. The summed E-state index contributed by atoms with van der Waals surface area (Å²) >= 11 is 0. The van der Waals surface area contributed by atoms with Gasteiger partial charge < -0.3 is 4.74 Å². The van der Waals surface area contributed by atoms with Gasteiger partial charge in [0.05, 0.1) is 0 Å². The molecule has 0 aromatic heterocycles. The van der Waals surface area contributed by atoms with E-state index in [1.54, 1.807) is 0 Å². The summed E-state index contributed by atoms with van der Waals surface area (Å²) in [4.78, 5) is 0. The van der Waals surface area contributed by atoms with E-state index in [0.717, 1.165) is 5.75 Å². The minimum absolute atomic E-state index is 0.239. The first-order valence-electron chi connectivity index (χ1n) is 7.24. The van der Waals surface area contributed by atoms with E-state index < -0.39 is 0 Å². The highest BCUT2D eigenvalue weighted by Crippen LogP contribution is 2.53. The fourth-order valence-electron chi connectivity index (χ4n) is 3.81. The quantitative estimate of drug-likeness (QED) is 0.712. The Morgan fingerprint density at radius 1 is 0.842 bits per heavy atom. The van der Waals surface area contributed by atoms with Crippen molar-refractivity contribution in [2.75, 3.05) is 0 Å². The molecule has 1 aliphatic heterocycles. The summed E-state index contributed by atoms with van der Waals surface area (Å²) in [6.45, 7) is 0. The molecule has 1 nitrogen and oxygen atoms in total. The first-order chi connectivity index (χ1) is 9.43. The van der Waals surface area contributed by atoms with Crippen LogP contribution in [0.1, 0.15) is 42.4 Å². The Balaban J connectivity index is 1.79. The van der Waals surface area contributed by atoms with Crippen molar-refractivity contribution >= 4 is 0 Å². The van der Waals surface area contributed by atoms with Gasteiger partial charge in [-0.1, -0.05) is 55.0 Å². The minimum atomic E-state index is 0.239. The van der Waals surface area contributed by atoms with E-state index in [1.807, 2.05) is 0 Å². The molecular formula is C18H18O. The second kappa shape index (κ2) is 4.41. The van der Waals surface area contributed by atoms with Crippen molar-refractivity contribution in [2.45, 2.75) is 31.3 Å². The molecule has 2 aliphatic rings. The van der Waals surface area contributed by atoms with E-state index >= 15 is 0 Å². The molecule has 0 radical (unpaired) electrons. The van der Waals surface area contributed by atoms with Crippen LogP contribution in [0.4, 0.5) is 0 Å². The van der Waals surface area contributed by atoms with Crippen molar-refractivity contribution < 1.29 is 4.74 Å². The van der Waals surface area contributed by atoms with Crippen molar-refractivity contribution in [1.29, 1.82) is 0 Å². The summed E-state index contributed by atoms with van der Waals surface area (Å²) in [5, 5.41) is 0. The van der Waals surface area contributed by atoms with Gasteiger partial charge in [0, 0.05) is 5.92 Å². The van der Waals surface area contributed by atoms with Gasteiger partial charge in [-0.15, -0.1) is 0 Å². The molecule has 1 saturated carbocycles. The van der Waals surface area contributed by atoms with Crippen LogP contribution in [0.15, 0.2) is 54.6 Å². The molecular weight excluding hydrogens is 232 g/mol. The number of ether oxygens (including phenoxy) is 1. The summed E-state index contributed by atoms with van der Waals surface area (Å²) in [6.07, 6.45) is 4.17. The fourth-order valence-corrected chi connectivity index (χ4v) is 3.81.